The third kappa shape index (κ3) is 5.20. The van der Waals surface area contributed by atoms with Crippen LogP contribution in [-0.4, -0.2) is 27.6 Å². The van der Waals surface area contributed by atoms with E-state index in [0.29, 0.717) is 29.2 Å². The van der Waals surface area contributed by atoms with Crippen molar-refractivity contribution in [2.45, 2.75) is 33.1 Å². The lowest BCUT2D eigenvalue weighted by Gasteiger charge is -2.09. The largest absolute Gasteiger partial charge is 0.434 e. The standard InChI is InChI=1S/C12H15F3N6OS/c1-3-16-11(17-4-9-19-7(2)21-22-9)18-5-10-20-8(6-23-10)12(13,14)15/h6H,3-5H2,1-2H3,(H2,16,17,18). The molecule has 0 atom stereocenters. The van der Waals surface area contributed by atoms with Gasteiger partial charge in [0.15, 0.2) is 17.5 Å². The molecule has 23 heavy (non-hydrogen) atoms. The first-order valence-electron chi connectivity index (χ1n) is 6.71. The summed E-state index contributed by atoms with van der Waals surface area (Å²) in [5.74, 6) is 1.29. The fourth-order valence-corrected chi connectivity index (χ4v) is 2.31. The summed E-state index contributed by atoms with van der Waals surface area (Å²) < 4.78 is 42.4. The SMILES string of the molecule is CCNC(=NCc1nc(C)no1)NCc1nc(C(F)(F)F)cs1. The summed E-state index contributed by atoms with van der Waals surface area (Å²) in [5.41, 5.74) is -0.887. The van der Waals surface area contributed by atoms with Crippen molar-refractivity contribution in [2.75, 3.05) is 6.54 Å². The summed E-state index contributed by atoms with van der Waals surface area (Å²) >= 11 is 0.937. The fourth-order valence-electron chi connectivity index (χ4n) is 1.57. The topological polar surface area (TPSA) is 88.2 Å². The number of aryl methyl sites for hydroxylation is 1. The van der Waals surface area contributed by atoms with Crippen LogP contribution >= 0.6 is 11.3 Å². The molecule has 2 N–H and O–H groups in total. The average Bonchev–Trinajstić information content (AvgIpc) is 3.10. The van der Waals surface area contributed by atoms with Crippen molar-refractivity contribution in [1.29, 1.82) is 0 Å². The van der Waals surface area contributed by atoms with Crippen LogP contribution in [0.1, 0.15) is 29.3 Å². The molecule has 2 heterocycles. The van der Waals surface area contributed by atoms with Gasteiger partial charge in [0.25, 0.3) is 0 Å². The van der Waals surface area contributed by atoms with Crippen molar-refractivity contribution in [2.24, 2.45) is 4.99 Å². The highest BCUT2D eigenvalue weighted by molar-refractivity contribution is 7.09. The molecule has 0 spiro atoms. The zero-order valence-electron chi connectivity index (χ0n) is 12.4. The summed E-state index contributed by atoms with van der Waals surface area (Å²) in [5, 5.41) is 10.8. The number of halogens is 3. The summed E-state index contributed by atoms with van der Waals surface area (Å²) in [6.07, 6.45) is -4.43. The summed E-state index contributed by atoms with van der Waals surface area (Å²) in [6, 6.07) is 0. The first-order chi connectivity index (χ1) is 10.9. The molecule has 2 aromatic rings. The quantitative estimate of drug-likeness (QED) is 0.636. The van der Waals surface area contributed by atoms with Crippen molar-refractivity contribution < 1.29 is 17.7 Å². The van der Waals surface area contributed by atoms with Crippen molar-refractivity contribution in [3.63, 3.8) is 0 Å². The molecular weight excluding hydrogens is 333 g/mol. The van der Waals surface area contributed by atoms with Crippen LogP contribution in [0, 0.1) is 6.92 Å². The monoisotopic (exact) mass is 348 g/mol. The van der Waals surface area contributed by atoms with Gasteiger partial charge < -0.3 is 15.2 Å². The van der Waals surface area contributed by atoms with Gasteiger partial charge in [-0.2, -0.15) is 18.2 Å². The molecule has 126 valence electrons. The van der Waals surface area contributed by atoms with Gasteiger partial charge in [0.2, 0.25) is 5.89 Å². The Morgan fingerprint density at radius 2 is 2.13 bits per heavy atom. The number of hydrogen-bond donors (Lipinski definition) is 2. The Labute approximate surface area is 134 Å². The van der Waals surface area contributed by atoms with Gasteiger partial charge in [-0.1, -0.05) is 5.16 Å². The van der Waals surface area contributed by atoms with Gasteiger partial charge in [-0.25, -0.2) is 9.98 Å². The number of rotatable bonds is 5. The lowest BCUT2D eigenvalue weighted by Crippen LogP contribution is -2.36. The van der Waals surface area contributed by atoms with E-state index in [1.54, 1.807) is 6.92 Å². The fraction of sp³-hybridized carbons (Fsp3) is 0.500. The van der Waals surface area contributed by atoms with Gasteiger partial charge in [-0.15, -0.1) is 11.3 Å². The number of aliphatic imine (C=N–C) groups is 1. The number of guanidine groups is 1. The molecule has 0 saturated carbocycles. The Morgan fingerprint density at radius 1 is 1.35 bits per heavy atom. The van der Waals surface area contributed by atoms with Gasteiger partial charge in [0.1, 0.15) is 11.6 Å². The molecule has 0 amide bonds. The summed E-state index contributed by atoms with van der Waals surface area (Å²) in [4.78, 5) is 11.8. The van der Waals surface area contributed by atoms with Crippen molar-refractivity contribution in [3.8, 4) is 0 Å². The molecule has 0 radical (unpaired) electrons. The molecule has 0 bridgehead atoms. The second kappa shape index (κ2) is 7.40. The molecule has 0 saturated heterocycles. The Balaban J connectivity index is 1.95. The molecule has 0 aliphatic carbocycles. The van der Waals surface area contributed by atoms with E-state index in [1.165, 1.54) is 0 Å². The molecule has 7 nitrogen and oxygen atoms in total. The smallest absolute Gasteiger partial charge is 0.357 e. The van der Waals surface area contributed by atoms with E-state index in [-0.39, 0.29) is 13.1 Å². The maximum absolute atomic E-state index is 12.5. The molecule has 0 aliphatic heterocycles. The first kappa shape index (κ1) is 17.2. The van der Waals surface area contributed by atoms with Crippen LogP contribution in [0.2, 0.25) is 0 Å². The highest BCUT2D eigenvalue weighted by Crippen LogP contribution is 2.29. The Kier molecular flexibility index (Phi) is 5.53. The molecule has 0 aliphatic rings. The number of aromatic nitrogens is 3. The third-order valence-electron chi connectivity index (χ3n) is 2.54. The van der Waals surface area contributed by atoms with Gasteiger partial charge in [0.05, 0.1) is 6.54 Å². The predicted octanol–water partition coefficient (Wildman–Crippen LogP) is 2.11. The zero-order valence-corrected chi connectivity index (χ0v) is 13.3. The minimum absolute atomic E-state index is 0.134. The average molecular weight is 348 g/mol. The molecular formula is C12H15F3N6OS. The molecule has 0 unspecified atom stereocenters. The van der Waals surface area contributed by atoms with E-state index in [2.05, 4.69) is 30.8 Å². The Bertz CT molecular complexity index is 666. The van der Waals surface area contributed by atoms with E-state index in [4.69, 9.17) is 4.52 Å². The van der Waals surface area contributed by atoms with Crippen LogP contribution in [0.5, 0.6) is 0 Å². The Morgan fingerprint density at radius 3 is 2.70 bits per heavy atom. The number of nitrogens with one attached hydrogen (secondary N) is 2. The van der Waals surface area contributed by atoms with Gasteiger partial charge in [0, 0.05) is 11.9 Å². The number of hydrogen-bond acceptors (Lipinski definition) is 6. The number of alkyl halides is 3. The first-order valence-corrected chi connectivity index (χ1v) is 7.59. The van der Waals surface area contributed by atoms with E-state index in [0.717, 1.165) is 16.7 Å². The molecule has 0 fully saturated rings. The lowest BCUT2D eigenvalue weighted by molar-refractivity contribution is -0.140. The van der Waals surface area contributed by atoms with Gasteiger partial charge in [-0.3, -0.25) is 0 Å². The van der Waals surface area contributed by atoms with Crippen LogP contribution in [0.4, 0.5) is 13.2 Å². The predicted molar refractivity (Wildman–Crippen MR) is 77.8 cm³/mol. The highest BCUT2D eigenvalue weighted by Gasteiger charge is 2.33. The molecule has 2 rings (SSSR count). The third-order valence-corrected chi connectivity index (χ3v) is 3.38. The number of thiazole rings is 1. The normalized spacial score (nSPS) is 12.5. The van der Waals surface area contributed by atoms with Crippen molar-refractivity contribution in [1.82, 2.24) is 25.8 Å². The second-order valence-electron chi connectivity index (χ2n) is 4.41. The maximum Gasteiger partial charge on any atom is 0.434 e. The maximum atomic E-state index is 12.5. The molecule has 0 aromatic carbocycles. The van der Waals surface area contributed by atoms with Crippen molar-refractivity contribution in [3.05, 3.63) is 27.8 Å². The Hall–Kier alpha value is -2.17. The summed E-state index contributed by atoms with van der Waals surface area (Å²) in [7, 11) is 0. The van der Waals surface area contributed by atoms with Crippen molar-refractivity contribution >= 4 is 17.3 Å². The van der Waals surface area contributed by atoms with E-state index < -0.39 is 11.9 Å². The molecule has 11 heteroatoms. The van der Waals surface area contributed by atoms with Crippen LogP contribution in [0.3, 0.4) is 0 Å². The van der Waals surface area contributed by atoms with Crippen LogP contribution in [0.15, 0.2) is 14.9 Å². The minimum atomic E-state index is -4.43. The minimum Gasteiger partial charge on any atom is -0.357 e. The van der Waals surface area contributed by atoms with Crippen LogP contribution in [-0.2, 0) is 19.3 Å². The second-order valence-corrected chi connectivity index (χ2v) is 5.35. The van der Waals surface area contributed by atoms with E-state index in [1.807, 2.05) is 6.92 Å². The molecule has 2 aromatic heterocycles. The van der Waals surface area contributed by atoms with Crippen LogP contribution in [0.25, 0.3) is 0 Å². The summed E-state index contributed by atoms with van der Waals surface area (Å²) in [6.45, 7) is 4.47. The van der Waals surface area contributed by atoms with E-state index in [9.17, 15) is 13.2 Å². The van der Waals surface area contributed by atoms with Gasteiger partial charge >= 0.3 is 6.18 Å². The lowest BCUT2D eigenvalue weighted by atomic mass is 10.5. The van der Waals surface area contributed by atoms with Gasteiger partial charge in [-0.05, 0) is 13.8 Å². The number of nitrogens with zero attached hydrogens (tertiary/aromatic N) is 4. The van der Waals surface area contributed by atoms with Crippen LogP contribution < -0.4 is 10.6 Å². The highest BCUT2D eigenvalue weighted by atomic mass is 32.1. The zero-order chi connectivity index (χ0) is 16.9. The van der Waals surface area contributed by atoms with E-state index >= 15 is 0 Å².